The fourth-order valence-corrected chi connectivity index (χ4v) is 3.28. The molecular formula is C23H28N2O3. The van der Waals surface area contributed by atoms with E-state index in [2.05, 4.69) is 22.3 Å². The van der Waals surface area contributed by atoms with E-state index in [4.69, 9.17) is 9.47 Å². The minimum Gasteiger partial charge on any atom is -0.497 e. The Morgan fingerprint density at radius 2 is 1.82 bits per heavy atom. The number of rotatable bonds is 7. The largest absolute Gasteiger partial charge is 0.497 e. The van der Waals surface area contributed by atoms with Gasteiger partial charge in [-0.1, -0.05) is 42.0 Å². The fourth-order valence-electron chi connectivity index (χ4n) is 3.28. The summed E-state index contributed by atoms with van der Waals surface area (Å²) in [6.07, 6.45) is 3.43. The average Bonchev–Trinajstić information content (AvgIpc) is 2.74. The van der Waals surface area contributed by atoms with Crippen LogP contribution < -0.4 is 10.1 Å². The number of amides is 1. The number of carbonyl (C=O) groups excluding carboxylic acids is 1. The molecule has 148 valence electrons. The van der Waals surface area contributed by atoms with Gasteiger partial charge in [0, 0.05) is 25.7 Å². The predicted octanol–water partition coefficient (Wildman–Crippen LogP) is 3.21. The highest BCUT2D eigenvalue weighted by Gasteiger charge is 2.23. The van der Waals surface area contributed by atoms with E-state index in [-0.39, 0.29) is 11.9 Å². The zero-order chi connectivity index (χ0) is 19.8. The van der Waals surface area contributed by atoms with Crippen LogP contribution in [0, 0.1) is 6.92 Å². The molecule has 1 aliphatic heterocycles. The second kappa shape index (κ2) is 10.1. The first-order valence-corrected chi connectivity index (χ1v) is 9.64. The Labute approximate surface area is 167 Å². The Morgan fingerprint density at radius 1 is 1.14 bits per heavy atom. The standard InChI is InChI=1S/C23H28N2O3/c1-18-3-5-19(6-4-18)7-12-23(26)24-17-22(25-13-15-28-16-14-25)20-8-10-21(27-2)11-9-20/h3-12,22H,13-17H2,1-2H3,(H,24,26)/b12-7+. The van der Waals surface area contributed by atoms with E-state index in [1.54, 1.807) is 13.2 Å². The average molecular weight is 380 g/mol. The summed E-state index contributed by atoms with van der Waals surface area (Å²) in [6, 6.07) is 16.2. The van der Waals surface area contributed by atoms with Crippen LogP contribution in [0.5, 0.6) is 5.75 Å². The second-order valence-corrected chi connectivity index (χ2v) is 6.93. The van der Waals surface area contributed by atoms with Crippen molar-refractivity contribution in [1.29, 1.82) is 0 Å². The van der Waals surface area contributed by atoms with Crippen LogP contribution in [0.4, 0.5) is 0 Å². The van der Waals surface area contributed by atoms with Gasteiger partial charge in [-0.3, -0.25) is 9.69 Å². The number of carbonyl (C=O) groups is 1. The number of nitrogens with zero attached hydrogens (tertiary/aromatic N) is 1. The summed E-state index contributed by atoms with van der Waals surface area (Å²) in [5.41, 5.74) is 3.38. The molecular weight excluding hydrogens is 352 g/mol. The lowest BCUT2D eigenvalue weighted by Gasteiger charge is -2.34. The molecule has 1 atom stereocenters. The van der Waals surface area contributed by atoms with Crippen LogP contribution in [-0.2, 0) is 9.53 Å². The smallest absolute Gasteiger partial charge is 0.244 e. The van der Waals surface area contributed by atoms with Crippen molar-refractivity contribution in [2.75, 3.05) is 40.0 Å². The van der Waals surface area contributed by atoms with Gasteiger partial charge in [-0.05, 0) is 36.3 Å². The van der Waals surface area contributed by atoms with Crippen molar-refractivity contribution in [3.8, 4) is 5.75 Å². The van der Waals surface area contributed by atoms with Crippen molar-refractivity contribution in [2.45, 2.75) is 13.0 Å². The van der Waals surface area contributed by atoms with Crippen molar-refractivity contribution < 1.29 is 14.3 Å². The molecule has 0 aromatic heterocycles. The highest BCUT2D eigenvalue weighted by molar-refractivity contribution is 5.91. The van der Waals surface area contributed by atoms with E-state index in [0.717, 1.165) is 30.0 Å². The Kier molecular flexibility index (Phi) is 7.23. The topological polar surface area (TPSA) is 50.8 Å². The minimum atomic E-state index is -0.0904. The van der Waals surface area contributed by atoms with Crippen molar-refractivity contribution in [1.82, 2.24) is 10.2 Å². The van der Waals surface area contributed by atoms with E-state index in [1.807, 2.05) is 49.4 Å². The molecule has 1 heterocycles. The highest BCUT2D eigenvalue weighted by atomic mass is 16.5. The molecule has 0 saturated carbocycles. The van der Waals surface area contributed by atoms with Crippen LogP contribution in [-0.4, -0.2) is 50.8 Å². The number of methoxy groups -OCH3 is 1. The number of benzene rings is 2. The van der Waals surface area contributed by atoms with Gasteiger partial charge in [-0.2, -0.15) is 0 Å². The third-order valence-electron chi connectivity index (χ3n) is 4.96. The van der Waals surface area contributed by atoms with Gasteiger partial charge in [-0.25, -0.2) is 0 Å². The summed E-state index contributed by atoms with van der Waals surface area (Å²) in [6.45, 7) is 5.73. The van der Waals surface area contributed by atoms with Gasteiger partial charge in [0.25, 0.3) is 0 Å². The molecule has 28 heavy (non-hydrogen) atoms. The van der Waals surface area contributed by atoms with Crippen LogP contribution in [0.25, 0.3) is 6.08 Å². The SMILES string of the molecule is COc1ccc(C(CNC(=O)/C=C/c2ccc(C)cc2)N2CCOCC2)cc1. The normalized spacial score (nSPS) is 16.1. The lowest BCUT2D eigenvalue weighted by molar-refractivity contribution is -0.116. The van der Waals surface area contributed by atoms with Gasteiger partial charge in [-0.15, -0.1) is 0 Å². The Morgan fingerprint density at radius 3 is 2.46 bits per heavy atom. The van der Waals surface area contributed by atoms with Gasteiger partial charge in [0.2, 0.25) is 5.91 Å². The van der Waals surface area contributed by atoms with E-state index >= 15 is 0 Å². The molecule has 1 amide bonds. The van der Waals surface area contributed by atoms with Gasteiger partial charge in [0.05, 0.1) is 26.4 Å². The summed E-state index contributed by atoms with van der Waals surface area (Å²) >= 11 is 0. The van der Waals surface area contributed by atoms with Crippen LogP contribution >= 0.6 is 0 Å². The Hall–Kier alpha value is -2.63. The number of morpholine rings is 1. The molecule has 0 aliphatic carbocycles. The first kappa shape index (κ1) is 20.1. The van der Waals surface area contributed by atoms with Gasteiger partial charge in [0.1, 0.15) is 5.75 Å². The zero-order valence-corrected chi connectivity index (χ0v) is 16.6. The van der Waals surface area contributed by atoms with Crippen LogP contribution in [0.3, 0.4) is 0 Å². The molecule has 0 spiro atoms. The van der Waals surface area contributed by atoms with Crippen molar-refractivity contribution >= 4 is 12.0 Å². The lowest BCUT2D eigenvalue weighted by Crippen LogP contribution is -2.43. The quantitative estimate of drug-likeness (QED) is 0.750. The molecule has 1 saturated heterocycles. The Bertz CT molecular complexity index is 778. The Balaban J connectivity index is 1.64. The maximum absolute atomic E-state index is 12.3. The predicted molar refractivity (Wildman–Crippen MR) is 111 cm³/mol. The van der Waals surface area contributed by atoms with Crippen LogP contribution in [0.15, 0.2) is 54.6 Å². The molecule has 5 heteroatoms. The van der Waals surface area contributed by atoms with Crippen molar-refractivity contribution in [3.63, 3.8) is 0 Å². The first-order valence-electron chi connectivity index (χ1n) is 9.64. The van der Waals surface area contributed by atoms with E-state index < -0.39 is 0 Å². The summed E-state index contributed by atoms with van der Waals surface area (Å²) in [4.78, 5) is 14.7. The summed E-state index contributed by atoms with van der Waals surface area (Å²) in [5, 5.41) is 3.05. The first-order chi connectivity index (χ1) is 13.7. The minimum absolute atomic E-state index is 0.0904. The van der Waals surface area contributed by atoms with E-state index in [9.17, 15) is 4.79 Å². The van der Waals surface area contributed by atoms with Crippen LogP contribution in [0.1, 0.15) is 22.7 Å². The molecule has 2 aromatic rings. The summed E-state index contributed by atoms with van der Waals surface area (Å²) in [5.74, 6) is 0.738. The molecule has 1 unspecified atom stereocenters. The molecule has 1 fully saturated rings. The molecule has 1 N–H and O–H groups in total. The summed E-state index contributed by atoms with van der Waals surface area (Å²) < 4.78 is 10.7. The molecule has 0 bridgehead atoms. The third-order valence-corrected chi connectivity index (χ3v) is 4.96. The van der Waals surface area contributed by atoms with Crippen molar-refractivity contribution in [3.05, 3.63) is 71.3 Å². The van der Waals surface area contributed by atoms with E-state index in [0.29, 0.717) is 19.8 Å². The third kappa shape index (κ3) is 5.68. The molecule has 5 nitrogen and oxygen atoms in total. The number of aryl methyl sites for hydroxylation is 1. The van der Waals surface area contributed by atoms with E-state index in [1.165, 1.54) is 5.56 Å². The van der Waals surface area contributed by atoms with Crippen LogP contribution in [0.2, 0.25) is 0 Å². The van der Waals surface area contributed by atoms with Crippen molar-refractivity contribution in [2.24, 2.45) is 0 Å². The number of hydrogen-bond donors (Lipinski definition) is 1. The number of hydrogen-bond acceptors (Lipinski definition) is 4. The summed E-state index contributed by atoms with van der Waals surface area (Å²) in [7, 11) is 1.66. The second-order valence-electron chi connectivity index (χ2n) is 6.93. The molecule has 0 radical (unpaired) electrons. The number of ether oxygens (including phenoxy) is 2. The maximum Gasteiger partial charge on any atom is 0.244 e. The molecule has 1 aliphatic rings. The fraction of sp³-hybridized carbons (Fsp3) is 0.348. The highest BCUT2D eigenvalue weighted by Crippen LogP contribution is 2.23. The van der Waals surface area contributed by atoms with Gasteiger partial charge in [0.15, 0.2) is 0 Å². The maximum atomic E-state index is 12.3. The van der Waals surface area contributed by atoms with Gasteiger partial charge < -0.3 is 14.8 Å². The lowest BCUT2D eigenvalue weighted by atomic mass is 10.0. The zero-order valence-electron chi connectivity index (χ0n) is 16.6. The monoisotopic (exact) mass is 380 g/mol. The van der Waals surface area contributed by atoms with Gasteiger partial charge >= 0.3 is 0 Å². The molecule has 2 aromatic carbocycles. The number of nitrogens with one attached hydrogen (secondary N) is 1. The molecule has 3 rings (SSSR count).